The third kappa shape index (κ3) is 9.87. The van der Waals surface area contributed by atoms with Crippen LogP contribution in [-0.4, -0.2) is 40.5 Å². The zero-order valence-electron chi connectivity index (χ0n) is 24.3. The summed E-state index contributed by atoms with van der Waals surface area (Å²) in [5.41, 5.74) is 2.23. The van der Waals surface area contributed by atoms with Gasteiger partial charge in [-0.05, 0) is 60.1 Å². The summed E-state index contributed by atoms with van der Waals surface area (Å²) >= 11 is 11.8. The van der Waals surface area contributed by atoms with Gasteiger partial charge in [-0.1, -0.05) is 64.7 Å². The van der Waals surface area contributed by atoms with Gasteiger partial charge in [-0.2, -0.15) is 0 Å². The van der Waals surface area contributed by atoms with Crippen molar-refractivity contribution in [2.75, 3.05) is 13.2 Å². The van der Waals surface area contributed by atoms with E-state index in [9.17, 15) is 9.59 Å². The largest absolute Gasteiger partial charge is 0.493 e. The lowest BCUT2D eigenvalue weighted by molar-refractivity contribution is 0.0696. The van der Waals surface area contributed by atoms with Crippen LogP contribution in [0.3, 0.4) is 0 Å². The lowest BCUT2D eigenvalue weighted by Gasteiger charge is -2.18. The SMILES string of the molecule is CC(C)(C)CCOc1ccc2cc(C(=O)O)c(Cl)nc2c1.CC(C)(C)CCOc1ccc2cc(C=O)c(Cl)nc2c1. The van der Waals surface area contributed by atoms with Crippen molar-refractivity contribution in [3.63, 3.8) is 0 Å². The second-order valence-corrected chi connectivity index (χ2v) is 12.9. The zero-order chi connectivity index (χ0) is 30.4. The number of pyridine rings is 2. The molecule has 0 aliphatic carbocycles. The Morgan fingerprint density at radius 3 is 1.68 bits per heavy atom. The van der Waals surface area contributed by atoms with E-state index in [1.54, 1.807) is 18.2 Å². The Kier molecular flexibility index (Phi) is 10.6. The van der Waals surface area contributed by atoms with Crippen LogP contribution in [0.4, 0.5) is 0 Å². The zero-order valence-corrected chi connectivity index (χ0v) is 25.8. The topological polar surface area (TPSA) is 98.6 Å². The molecule has 2 aromatic carbocycles. The molecule has 0 aliphatic rings. The number of carboxylic acid groups (broad SMARTS) is 1. The number of carbonyl (C=O) groups is 2. The van der Waals surface area contributed by atoms with Gasteiger partial charge in [-0.25, -0.2) is 14.8 Å². The monoisotopic (exact) mass is 598 g/mol. The minimum atomic E-state index is -1.08. The van der Waals surface area contributed by atoms with E-state index in [-0.39, 0.29) is 26.7 Å². The highest BCUT2D eigenvalue weighted by Gasteiger charge is 2.14. The fourth-order valence-electron chi connectivity index (χ4n) is 3.63. The van der Waals surface area contributed by atoms with Crippen molar-refractivity contribution in [1.29, 1.82) is 0 Å². The van der Waals surface area contributed by atoms with Crippen LogP contribution in [0.5, 0.6) is 11.5 Å². The second-order valence-electron chi connectivity index (χ2n) is 12.1. The van der Waals surface area contributed by atoms with E-state index < -0.39 is 5.97 Å². The molecule has 0 bridgehead atoms. The molecule has 0 saturated heterocycles. The third-order valence-electron chi connectivity index (χ3n) is 6.11. The number of aromatic carboxylic acids is 1. The lowest BCUT2D eigenvalue weighted by Crippen LogP contribution is -2.11. The molecule has 41 heavy (non-hydrogen) atoms. The molecule has 0 atom stereocenters. The van der Waals surface area contributed by atoms with Gasteiger partial charge in [0.2, 0.25) is 0 Å². The summed E-state index contributed by atoms with van der Waals surface area (Å²) in [6.45, 7) is 14.3. The van der Waals surface area contributed by atoms with Crippen molar-refractivity contribution in [2.45, 2.75) is 54.4 Å². The maximum absolute atomic E-state index is 11.0. The van der Waals surface area contributed by atoms with Crippen LogP contribution < -0.4 is 9.47 Å². The van der Waals surface area contributed by atoms with Gasteiger partial charge in [0.05, 0.1) is 35.4 Å². The highest BCUT2D eigenvalue weighted by molar-refractivity contribution is 6.33. The molecule has 4 aromatic rings. The van der Waals surface area contributed by atoms with Crippen LogP contribution in [0, 0.1) is 10.8 Å². The Morgan fingerprint density at radius 2 is 1.24 bits per heavy atom. The molecule has 0 saturated carbocycles. The summed E-state index contributed by atoms with van der Waals surface area (Å²) in [5, 5.41) is 10.8. The number of hydrogen-bond acceptors (Lipinski definition) is 6. The molecule has 218 valence electrons. The number of carbonyl (C=O) groups excluding carboxylic acids is 1. The Labute approximate surface area is 250 Å². The summed E-state index contributed by atoms with van der Waals surface area (Å²) in [5.74, 6) is 0.391. The van der Waals surface area contributed by atoms with E-state index in [0.29, 0.717) is 36.3 Å². The Morgan fingerprint density at radius 1 is 0.780 bits per heavy atom. The molecule has 1 N–H and O–H groups in total. The molecule has 0 spiro atoms. The summed E-state index contributed by atoms with van der Waals surface area (Å²) in [6.07, 6.45) is 2.63. The number of nitrogens with zero attached hydrogens (tertiary/aromatic N) is 2. The van der Waals surface area contributed by atoms with Crippen LogP contribution in [0.25, 0.3) is 21.8 Å². The average molecular weight is 600 g/mol. The van der Waals surface area contributed by atoms with Crippen LogP contribution >= 0.6 is 23.2 Å². The number of aromatic nitrogens is 2. The summed E-state index contributed by atoms with van der Waals surface area (Å²) < 4.78 is 11.4. The third-order valence-corrected chi connectivity index (χ3v) is 6.70. The van der Waals surface area contributed by atoms with Gasteiger partial charge in [-0.3, -0.25) is 4.79 Å². The first kappa shape index (κ1) is 32.1. The van der Waals surface area contributed by atoms with Crippen molar-refractivity contribution in [3.05, 3.63) is 70.0 Å². The predicted octanol–water partition coefficient (Wildman–Crippen LogP) is 8.92. The quantitative estimate of drug-likeness (QED) is 0.159. The smallest absolute Gasteiger partial charge is 0.338 e. The van der Waals surface area contributed by atoms with E-state index in [1.807, 2.05) is 24.3 Å². The minimum absolute atomic E-state index is 0.00516. The van der Waals surface area contributed by atoms with E-state index in [1.165, 1.54) is 6.07 Å². The molecule has 0 radical (unpaired) electrons. The van der Waals surface area contributed by atoms with Crippen LogP contribution in [-0.2, 0) is 0 Å². The van der Waals surface area contributed by atoms with Gasteiger partial charge in [0, 0.05) is 22.9 Å². The molecule has 0 unspecified atom stereocenters. The minimum Gasteiger partial charge on any atom is -0.493 e. The molecule has 7 nitrogen and oxygen atoms in total. The first-order chi connectivity index (χ1) is 19.1. The second kappa shape index (κ2) is 13.5. The van der Waals surface area contributed by atoms with E-state index >= 15 is 0 Å². The number of halogens is 2. The van der Waals surface area contributed by atoms with Crippen LogP contribution in [0.15, 0.2) is 48.5 Å². The molecule has 2 heterocycles. The Hall–Kier alpha value is -3.42. The Bertz CT molecular complexity index is 1540. The normalized spacial score (nSPS) is 11.6. The molecular formula is C32H36Cl2N2O5. The lowest BCUT2D eigenvalue weighted by atomic mass is 9.93. The highest BCUT2D eigenvalue weighted by atomic mass is 35.5. The molecule has 2 aromatic heterocycles. The van der Waals surface area contributed by atoms with Gasteiger partial charge in [0.15, 0.2) is 6.29 Å². The van der Waals surface area contributed by atoms with Gasteiger partial charge >= 0.3 is 5.97 Å². The van der Waals surface area contributed by atoms with Crippen LogP contribution in [0.1, 0.15) is 75.1 Å². The number of fused-ring (bicyclic) bond motifs is 2. The van der Waals surface area contributed by atoms with E-state index in [2.05, 4.69) is 51.5 Å². The van der Waals surface area contributed by atoms with E-state index in [0.717, 1.165) is 34.9 Å². The molecule has 0 aliphatic heterocycles. The van der Waals surface area contributed by atoms with Crippen molar-refractivity contribution < 1.29 is 24.2 Å². The maximum atomic E-state index is 11.0. The number of aldehydes is 1. The first-order valence-electron chi connectivity index (χ1n) is 13.3. The summed E-state index contributed by atoms with van der Waals surface area (Å²) in [4.78, 5) is 30.2. The number of hydrogen-bond donors (Lipinski definition) is 1. The fourth-order valence-corrected chi connectivity index (χ4v) is 4.04. The Balaban J connectivity index is 0.000000226. The van der Waals surface area contributed by atoms with Gasteiger partial charge in [0.1, 0.15) is 21.8 Å². The first-order valence-corrected chi connectivity index (χ1v) is 14.1. The molecule has 0 fully saturated rings. The number of rotatable bonds is 8. The molecule has 0 amide bonds. The van der Waals surface area contributed by atoms with Crippen molar-refractivity contribution in [1.82, 2.24) is 9.97 Å². The highest BCUT2D eigenvalue weighted by Crippen LogP contribution is 2.27. The summed E-state index contributed by atoms with van der Waals surface area (Å²) in [6, 6.07) is 14.2. The van der Waals surface area contributed by atoms with Gasteiger partial charge < -0.3 is 14.6 Å². The van der Waals surface area contributed by atoms with E-state index in [4.69, 9.17) is 37.8 Å². The van der Waals surface area contributed by atoms with Crippen LogP contribution in [0.2, 0.25) is 10.3 Å². The van der Waals surface area contributed by atoms with Crippen molar-refractivity contribution in [2.24, 2.45) is 10.8 Å². The number of ether oxygens (including phenoxy) is 2. The predicted molar refractivity (Wildman–Crippen MR) is 165 cm³/mol. The molecular weight excluding hydrogens is 563 g/mol. The standard InChI is InChI=1S/C16H18ClNO3.C16H18ClNO2/c1-16(2,3)6-7-21-11-5-4-10-8-12(15(19)20)14(17)18-13(10)9-11;1-16(2,3)6-7-20-13-5-4-11-8-12(10-19)15(17)18-14(11)9-13/h4-5,8-9H,6-7H2,1-3H3,(H,19,20);4-5,8-10H,6-7H2,1-3H3. The fraction of sp³-hybridized carbons (Fsp3) is 0.375. The average Bonchev–Trinajstić information content (AvgIpc) is 2.86. The number of benzene rings is 2. The molecule has 4 rings (SSSR count). The van der Waals surface area contributed by atoms with Gasteiger partial charge in [-0.15, -0.1) is 0 Å². The molecule has 9 heteroatoms. The van der Waals surface area contributed by atoms with Gasteiger partial charge in [0.25, 0.3) is 0 Å². The maximum Gasteiger partial charge on any atom is 0.338 e. The van der Waals surface area contributed by atoms with Crippen molar-refractivity contribution >= 4 is 57.3 Å². The summed E-state index contributed by atoms with van der Waals surface area (Å²) in [7, 11) is 0. The van der Waals surface area contributed by atoms with Crippen molar-refractivity contribution in [3.8, 4) is 11.5 Å². The number of carboxylic acids is 1.